The molecule has 2 heterocycles. The second-order valence-corrected chi connectivity index (χ2v) is 3.62. The van der Waals surface area contributed by atoms with E-state index in [0.29, 0.717) is 11.9 Å². The maximum Gasteiger partial charge on any atom is 0.216 e. The number of aromatic nitrogens is 1. The fourth-order valence-electron chi connectivity index (χ4n) is 1.84. The summed E-state index contributed by atoms with van der Waals surface area (Å²) in [6.07, 6.45) is 2.33. The number of rotatable bonds is 3. The Hall–Kier alpha value is -1.29. The largest absolute Gasteiger partial charge is 0.496 e. The first-order valence-corrected chi connectivity index (χ1v) is 5.17. The molecule has 0 amide bonds. The lowest BCUT2D eigenvalue weighted by atomic mass is 10.1. The lowest BCUT2D eigenvalue weighted by Crippen LogP contribution is -2.14. The van der Waals surface area contributed by atoms with Crippen LogP contribution in [0.5, 0.6) is 11.6 Å². The standard InChI is InChI=1S/C11H16N2O2/c1-14-8-6-10(9-4-3-5-12-9)13-11(7-8)15-2/h6-7,9,12H,3-5H2,1-2H3. The SMILES string of the molecule is COc1cc(OC)nc(C2CCCN2)c1. The summed E-state index contributed by atoms with van der Waals surface area (Å²) < 4.78 is 10.3. The smallest absolute Gasteiger partial charge is 0.216 e. The highest BCUT2D eigenvalue weighted by Crippen LogP contribution is 2.27. The topological polar surface area (TPSA) is 43.4 Å². The summed E-state index contributed by atoms with van der Waals surface area (Å²) in [6.45, 7) is 1.06. The molecule has 1 aromatic rings. The fourth-order valence-corrected chi connectivity index (χ4v) is 1.84. The number of nitrogens with one attached hydrogen (secondary N) is 1. The van der Waals surface area contributed by atoms with Crippen molar-refractivity contribution >= 4 is 0 Å². The Bertz CT molecular complexity index is 313. The van der Waals surface area contributed by atoms with Crippen LogP contribution in [-0.4, -0.2) is 25.7 Å². The first kappa shape index (κ1) is 10.2. The molecular weight excluding hydrogens is 192 g/mol. The van der Waals surface area contributed by atoms with Gasteiger partial charge in [0.05, 0.1) is 19.9 Å². The number of hydrogen-bond acceptors (Lipinski definition) is 4. The summed E-state index contributed by atoms with van der Waals surface area (Å²) in [7, 11) is 3.27. The summed E-state index contributed by atoms with van der Waals surface area (Å²) in [4.78, 5) is 4.42. The number of hydrogen-bond donors (Lipinski definition) is 1. The predicted octanol–water partition coefficient (Wildman–Crippen LogP) is 1.52. The highest BCUT2D eigenvalue weighted by atomic mass is 16.5. The van der Waals surface area contributed by atoms with Crippen LogP contribution in [0.3, 0.4) is 0 Å². The molecule has 15 heavy (non-hydrogen) atoms. The second-order valence-electron chi connectivity index (χ2n) is 3.62. The van der Waals surface area contributed by atoms with Crippen LogP contribution in [0.25, 0.3) is 0 Å². The van der Waals surface area contributed by atoms with Gasteiger partial charge in [0.25, 0.3) is 0 Å². The highest BCUT2D eigenvalue weighted by Gasteiger charge is 2.18. The van der Waals surface area contributed by atoms with E-state index in [1.54, 1.807) is 20.3 Å². The molecular formula is C11H16N2O2. The van der Waals surface area contributed by atoms with Crippen molar-refractivity contribution in [2.45, 2.75) is 18.9 Å². The monoisotopic (exact) mass is 208 g/mol. The minimum atomic E-state index is 0.342. The molecule has 0 spiro atoms. The number of pyridine rings is 1. The average molecular weight is 208 g/mol. The van der Waals surface area contributed by atoms with Gasteiger partial charge in [-0.25, -0.2) is 4.98 Å². The molecule has 4 nitrogen and oxygen atoms in total. The molecule has 4 heteroatoms. The van der Waals surface area contributed by atoms with Crippen LogP contribution in [-0.2, 0) is 0 Å². The normalized spacial score (nSPS) is 20.3. The summed E-state index contributed by atoms with van der Waals surface area (Å²) in [5, 5.41) is 3.40. The van der Waals surface area contributed by atoms with Crippen molar-refractivity contribution in [2.24, 2.45) is 0 Å². The Morgan fingerprint density at radius 1 is 1.33 bits per heavy atom. The molecule has 0 aliphatic carbocycles. The fraction of sp³-hybridized carbons (Fsp3) is 0.545. The van der Waals surface area contributed by atoms with Crippen molar-refractivity contribution < 1.29 is 9.47 Å². The Morgan fingerprint density at radius 3 is 2.80 bits per heavy atom. The van der Waals surface area contributed by atoms with Crippen LogP contribution in [0, 0.1) is 0 Å². The molecule has 1 fully saturated rings. The minimum Gasteiger partial charge on any atom is -0.496 e. The van der Waals surface area contributed by atoms with Gasteiger partial charge in [0.1, 0.15) is 5.75 Å². The van der Waals surface area contributed by atoms with Crippen molar-refractivity contribution in [2.75, 3.05) is 20.8 Å². The minimum absolute atomic E-state index is 0.342. The maximum absolute atomic E-state index is 5.21. The van der Waals surface area contributed by atoms with Gasteiger partial charge in [-0.3, -0.25) is 0 Å². The van der Waals surface area contributed by atoms with Crippen molar-refractivity contribution in [3.8, 4) is 11.6 Å². The molecule has 1 aromatic heterocycles. The molecule has 1 N–H and O–H groups in total. The van der Waals surface area contributed by atoms with Gasteiger partial charge in [-0.05, 0) is 19.4 Å². The molecule has 0 radical (unpaired) electrons. The molecule has 1 unspecified atom stereocenters. The summed E-state index contributed by atoms with van der Waals surface area (Å²) in [5.74, 6) is 1.41. The van der Waals surface area contributed by atoms with Gasteiger partial charge in [-0.2, -0.15) is 0 Å². The Morgan fingerprint density at radius 2 is 2.20 bits per heavy atom. The van der Waals surface area contributed by atoms with Crippen molar-refractivity contribution in [1.29, 1.82) is 0 Å². The quantitative estimate of drug-likeness (QED) is 0.818. The van der Waals surface area contributed by atoms with E-state index >= 15 is 0 Å². The third-order valence-electron chi connectivity index (χ3n) is 2.66. The van der Waals surface area contributed by atoms with Gasteiger partial charge in [-0.15, -0.1) is 0 Å². The number of ether oxygens (including phenoxy) is 2. The molecule has 1 aliphatic rings. The van der Waals surface area contributed by atoms with Gasteiger partial charge in [-0.1, -0.05) is 0 Å². The highest BCUT2D eigenvalue weighted by molar-refractivity contribution is 5.31. The average Bonchev–Trinajstić information content (AvgIpc) is 2.81. The van der Waals surface area contributed by atoms with Crippen LogP contribution >= 0.6 is 0 Å². The first-order valence-electron chi connectivity index (χ1n) is 5.17. The zero-order chi connectivity index (χ0) is 10.7. The van der Waals surface area contributed by atoms with Crippen LogP contribution in [0.1, 0.15) is 24.6 Å². The Labute approximate surface area is 89.6 Å². The molecule has 2 rings (SSSR count). The second kappa shape index (κ2) is 4.49. The van der Waals surface area contributed by atoms with Crippen LogP contribution in [0.2, 0.25) is 0 Å². The molecule has 82 valence electrons. The maximum atomic E-state index is 5.21. The van der Waals surface area contributed by atoms with E-state index in [0.717, 1.165) is 24.4 Å². The number of methoxy groups -OCH3 is 2. The van der Waals surface area contributed by atoms with Crippen molar-refractivity contribution in [3.05, 3.63) is 17.8 Å². The Balaban J connectivity index is 2.28. The van der Waals surface area contributed by atoms with Crippen LogP contribution < -0.4 is 14.8 Å². The van der Waals surface area contributed by atoms with Crippen molar-refractivity contribution in [3.63, 3.8) is 0 Å². The predicted molar refractivity (Wildman–Crippen MR) is 57.3 cm³/mol. The van der Waals surface area contributed by atoms with Gasteiger partial charge in [0.15, 0.2) is 0 Å². The molecule has 0 saturated carbocycles. The van der Waals surface area contributed by atoms with Gasteiger partial charge in [0.2, 0.25) is 5.88 Å². The van der Waals surface area contributed by atoms with Crippen LogP contribution in [0.4, 0.5) is 0 Å². The van der Waals surface area contributed by atoms with Gasteiger partial charge < -0.3 is 14.8 Å². The Kier molecular flexibility index (Phi) is 3.06. The van der Waals surface area contributed by atoms with E-state index in [-0.39, 0.29) is 0 Å². The third kappa shape index (κ3) is 2.21. The van der Waals surface area contributed by atoms with Gasteiger partial charge in [0, 0.05) is 18.2 Å². The van der Waals surface area contributed by atoms with Crippen molar-refractivity contribution in [1.82, 2.24) is 10.3 Å². The van der Waals surface area contributed by atoms with E-state index in [1.165, 1.54) is 6.42 Å². The summed E-state index contributed by atoms with van der Waals surface area (Å²) in [6, 6.07) is 4.10. The van der Waals surface area contributed by atoms with E-state index in [4.69, 9.17) is 9.47 Å². The molecule has 1 aliphatic heterocycles. The molecule has 1 atom stereocenters. The third-order valence-corrected chi connectivity index (χ3v) is 2.66. The first-order chi connectivity index (χ1) is 7.33. The van der Waals surface area contributed by atoms with E-state index in [1.807, 2.05) is 6.07 Å². The molecule has 1 saturated heterocycles. The summed E-state index contributed by atoms with van der Waals surface area (Å²) >= 11 is 0. The lowest BCUT2D eigenvalue weighted by Gasteiger charge is -2.12. The van der Waals surface area contributed by atoms with E-state index in [2.05, 4.69) is 10.3 Å². The van der Waals surface area contributed by atoms with Gasteiger partial charge >= 0.3 is 0 Å². The summed E-state index contributed by atoms with van der Waals surface area (Å²) in [5.41, 5.74) is 1.00. The lowest BCUT2D eigenvalue weighted by molar-refractivity contribution is 0.378. The zero-order valence-corrected chi connectivity index (χ0v) is 9.12. The van der Waals surface area contributed by atoms with E-state index < -0.39 is 0 Å². The number of nitrogens with zero attached hydrogens (tertiary/aromatic N) is 1. The van der Waals surface area contributed by atoms with Crippen LogP contribution in [0.15, 0.2) is 12.1 Å². The molecule has 0 bridgehead atoms. The zero-order valence-electron chi connectivity index (χ0n) is 9.12. The molecule has 0 aromatic carbocycles. The van der Waals surface area contributed by atoms with E-state index in [9.17, 15) is 0 Å².